The predicted octanol–water partition coefficient (Wildman–Crippen LogP) is 2.53. The molecule has 2 aliphatic heterocycles. The van der Waals surface area contributed by atoms with Crippen molar-refractivity contribution in [3.8, 4) is 0 Å². The van der Waals surface area contributed by atoms with E-state index in [9.17, 15) is 14.9 Å². The van der Waals surface area contributed by atoms with Crippen molar-refractivity contribution in [2.45, 2.75) is 32.6 Å². The van der Waals surface area contributed by atoms with Crippen LogP contribution in [0.3, 0.4) is 0 Å². The van der Waals surface area contributed by atoms with Crippen LogP contribution in [0.25, 0.3) is 0 Å². The van der Waals surface area contributed by atoms with Gasteiger partial charge in [0.15, 0.2) is 5.11 Å². The summed E-state index contributed by atoms with van der Waals surface area (Å²) >= 11 is 5.42. The molecule has 170 valence electrons. The van der Waals surface area contributed by atoms with E-state index >= 15 is 0 Å². The number of morpholine rings is 1. The summed E-state index contributed by atoms with van der Waals surface area (Å²) in [7, 11) is 0. The molecule has 0 spiro atoms. The standard InChI is InChI=1S/C21H31N5O4S/c1-2-3-4-5-20(27)22-21(31)25-10-8-23(9-11-25)17-6-7-18(26(28)29)19(16-17)24-12-14-30-15-13-24/h6-7,16H,2-5,8-15H2,1H3,(H,22,27,31). The number of carbonyl (C=O) groups is 1. The van der Waals surface area contributed by atoms with E-state index in [1.54, 1.807) is 6.07 Å². The number of ether oxygens (including phenoxy) is 1. The number of hydrogen-bond donors (Lipinski definition) is 1. The van der Waals surface area contributed by atoms with Gasteiger partial charge in [-0.25, -0.2) is 0 Å². The van der Waals surface area contributed by atoms with Crippen molar-refractivity contribution in [3.63, 3.8) is 0 Å². The van der Waals surface area contributed by atoms with Crippen LogP contribution in [0.4, 0.5) is 17.1 Å². The van der Waals surface area contributed by atoms with Gasteiger partial charge in [0.25, 0.3) is 5.69 Å². The number of thiocarbonyl (C=S) groups is 1. The van der Waals surface area contributed by atoms with Gasteiger partial charge >= 0.3 is 0 Å². The Morgan fingerprint density at radius 1 is 1.13 bits per heavy atom. The molecule has 10 heteroatoms. The summed E-state index contributed by atoms with van der Waals surface area (Å²) in [5, 5.41) is 14.8. The van der Waals surface area contributed by atoms with Crippen molar-refractivity contribution in [1.29, 1.82) is 0 Å². The van der Waals surface area contributed by atoms with E-state index in [2.05, 4.69) is 17.1 Å². The number of nitrogens with zero attached hydrogens (tertiary/aromatic N) is 4. The number of piperazine rings is 1. The second kappa shape index (κ2) is 11.2. The summed E-state index contributed by atoms with van der Waals surface area (Å²) < 4.78 is 5.39. The molecule has 0 radical (unpaired) electrons. The second-order valence-electron chi connectivity index (χ2n) is 7.81. The third-order valence-electron chi connectivity index (χ3n) is 5.69. The molecule has 0 bridgehead atoms. The van der Waals surface area contributed by atoms with Crippen LogP contribution in [-0.4, -0.2) is 73.3 Å². The number of benzene rings is 1. The number of hydrogen-bond acceptors (Lipinski definition) is 7. The predicted molar refractivity (Wildman–Crippen MR) is 125 cm³/mol. The Kier molecular flexibility index (Phi) is 8.42. The zero-order chi connectivity index (χ0) is 22.2. The fourth-order valence-electron chi connectivity index (χ4n) is 3.88. The van der Waals surface area contributed by atoms with Crippen molar-refractivity contribution < 1.29 is 14.5 Å². The highest BCUT2D eigenvalue weighted by molar-refractivity contribution is 7.80. The molecule has 1 amide bonds. The fourth-order valence-corrected chi connectivity index (χ4v) is 4.18. The Morgan fingerprint density at radius 2 is 1.84 bits per heavy atom. The quantitative estimate of drug-likeness (QED) is 0.294. The molecule has 0 unspecified atom stereocenters. The summed E-state index contributed by atoms with van der Waals surface area (Å²) in [5.74, 6) is -0.0219. The summed E-state index contributed by atoms with van der Waals surface area (Å²) in [6.45, 7) is 7.38. The Morgan fingerprint density at radius 3 is 2.48 bits per heavy atom. The Bertz CT molecular complexity index is 792. The van der Waals surface area contributed by atoms with Crippen LogP contribution in [-0.2, 0) is 9.53 Å². The lowest BCUT2D eigenvalue weighted by Crippen LogP contribution is -2.52. The third kappa shape index (κ3) is 6.27. The number of anilines is 2. The molecule has 9 nitrogen and oxygen atoms in total. The SMILES string of the molecule is CCCCCC(=O)NC(=S)N1CCN(c2ccc([N+](=O)[O-])c(N3CCOCC3)c2)CC1. The lowest BCUT2D eigenvalue weighted by Gasteiger charge is -2.37. The summed E-state index contributed by atoms with van der Waals surface area (Å²) in [6, 6.07) is 5.31. The van der Waals surface area contributed by atoms with E-state index in [-0.39, 0.29) is 16.5 Å². The lowest BCUT2D eigenvalue weighted by atomic mass is 10.1. The molecular formula is C21H31N5O4S. The van der Waals surface area contributed by atoms with Crippen molar-refractivity contribution >= 4 is 40.3 Å². The first-order valence-electron chi connectivity index (χ1n) is 10.9. The average Bonchev–Trinajstić information content (AvgIpc) is 2.79. The van der Waals surface area contributed by atoms with Crippen LogP contribution in [0, 0.1) is 10.1 Å². The Labute approximate surface area is 188 Å². The van der Waals surface area contributed by atoms with Gasteiger partial charge in [0.05, 0.1) is 18.1 Å². The number of amides is 1. The highest BCUT2D eigenvalue weighted by atomic mass is 32.1. The van der Waals surface area contributed by atoms with Gasteiger partial charge in [0.2, 0.25) is 5.91 Å². The van der Waals surface area contributed by atoms with Gasteiger partial charge in [-0.15, -0.1) is 0 Å². The molecule has 0 aromatic heterocycles. The minimum Gasteiger partial charge on any atom is -0.378 e. The zero-order valence-corrected chi connectivity index (χ0v) is 18.9. The van der Waals surface area contributed by atoms with Gasteiger partial charge in [0, 0.05) is 57.4 Å². The maximum atomic E-state index is 12.0. The topological polar surface area (TPSA) is 91.2 Å². The summed E-state index contributed by atoms with van der Waals surface area (Å²) in [4.78, 5) is 29.5. The zero-order valence-electron chi connectivity index (χ0n) is 18.0. The van der Waals surface area contributed by atoms with Crippen LogP contribution in [0.15, 0.2) is 18.2 Å². The first kappa shape index (κ1) is 23.2. The molecule has 1 aromatic carbocycles. The molecular weight excluding hydrogens is 418 g/mol. The fraction of sp³-hybridized carbons (Fsp3) is 0.619. The first-order valence-corrected chi connectivity index (χ1v) is 11.3. The van der Waals surface area contributed by atoms with Crippen LogP contribution in [0.2, 0.25) is 0 Å². The molecule has 0 atom stereocenters. The molecule has 3 rings (SSSR count). The van der Waals surface area contributed by atoms with E-state index in [0.29, 0.717) is 56.6 Å². The van der Waals surface area contributed by atoms with E-state index in [4.69, 9.17) is 17.0 Å². The third-order valence-corrected chi connectivity index (χ3v) is 6.05. The Balaban J connectivity index is 1.59. The Hall–Kier alpha value is -2.46. The smallest absolute Gasteiger partial charge is 0.292 e. The van der Waals surface area contributed by atoms with Crippen molar-refractivity contribution in [2.75, 3.05) is 62.3 Å². The van der Waals surface area contributed by atoms with Gasteiger partial charge in [0.1, 0.15) is 5.69 Å². The number of carbonyl (C=O) groups excluding carboxylic acids is 1. The van der Waals surface area contributed by atoms with Crippen LogP contribution >= 0.6 is 12.2 Å². The molecule has 0 saturated carbocycles. The molecule has 2 saturated heterocycles. The largest absolute Gasteiger partial charge is 0.378 e. The van der Waals surface area contributed by atoms with Crippen LogP contribution in [0.1, 0.15) is 32.6 Å². The summed E-state index contributed by atoms with van der Waals surface area (Å²) in [6.07, 6.45) is 3.50. The molecule has 1 aromatic rings. The number of nitro benzene ring substituents is 1. The number of nitro groups is 1. The van der Waals surface area contributed by atoms with Crippen molar-refractivity contribution in [1.82, 2.24) is 10.2 Å². The highest BCUT2D eigenvalue weighted by Gasteiger charge is 2.25. The summed E-state index contributed by atoms with van der Waals surface area (Å²) in [5.41, 5.74) is 1.72. The maximum absolute atomic E-state index is 12.0. The minimum absolute atomic E-state index is 0.0219. The molecule has 2 aliphatic rings. The maximum Gasteiger partial charge on any atom is 0.292 e. The van der Waals surface area contributed by atoms with Gasteiger partial charge in [-0.1, -0.05) is 19.8 Å². The van der Waals surface area contributed by atoms with E-state index in [1.165, 1.54) is 0 Å². The molecule has 1 N–H and O–H groups in total. The van der Waals surface area contributed by atoms with E-state index in [0.717, 1.165) is 38.0 Å². The van der Waals surface area contributed by atoms with Gasteiger partial charge < -0.3 is 24.8 Å². The van der Waals surface area contributed by atoms with E-state index < -0.39 is 0 Å². The van der Waals surface area contributed by atoms with Gasteiger partial charge in [-0.05, 0) is 30.8 Å². The monoisotopic (exact) mass is 449 g/mol. The number of nitrogens with one attached hydrogen (secondary N) is 1. The van der Waals surface area contributed by atoms with E-state index in [1.807, 2.05) is 21.9 Å². The van der Waals surface area contributed by atoms with Gasteiger partial charge in [-0.2, -0.15) is 0 Å². The van der Waals surface area contributed by atoms with Crippen LogP contribution in [0.5, 0.6) is 0 Å². The van der Waals surface area contributed by atoms with Crippen LogP contribution < -0.4 is 15.1 Å². The lowest BCUT2D eigenvalue weighted by molar-refractivity contribution is -0.384. The van der Waals surface area contributed by atoms with Crippen molar-refractivity contribution in [3.05, 3.63) is 28.3 Å². The number of unbranched alkanes of at least 4 members (excludes halogenated alkanes) is 2. The molecule has 0 aliphatic carbocycles. The average molecular weight is 450 g/mol. The second-order valence-corrected chi connectivity index (χ2v) is 8.20. The molecule has 31 heavy (non-hydrogen) atoms. The van der Waals surface area contributed by atoms with Crippen molar-refractivity contribution in [2.24, 2.45) is 0 Å². The highest BCUT2D eigenvalue weighted by Crippen LogP contribution is 2.33. The molecule has 2 heterocycles. The first-order chi connectivity index (χ1) is 15.0. The minimum atomic E-state index is -0.325. The normalized spacial score (nSPS) is 16.9. The number of rotatable bonds is 7. The van der Waals surface area contributed by atoms with Gasteiger partial charge in [-0.3, -0.25) is 14.9 Å². The molecule has 2 fully saturated rings.